The normalized spacial score (nSPS) is 11.2. The van der Waals surface area contributed by atoms with E-state index in [2.05, 4.69) is 54.7 Å². The van der Waals surface area contributed by atoms with Crippen LogP contribution in [0.5, 0.6) is 5.75 Å². The predicted octanol–water partition coefficient (Wildman–Crippen LogP) is 5.34. The van der Waals surface area contributed by atoms with Crippen LogP contribution in [0.25, 0.3) is 0 Å². The lowest BCUT2D eigenvalue weighted by Gasteiger charge is -2.20. The van der Waals surface area contributed by atoms with E-state index in [1.165, 1.54) is 6.07 Å². The first kappa shape index (κ1) is 24.8. The average molecular weight is 534 g/mol. The number of nitrogens with one attached hydrogen (secondary N) is 2. The quantitative estimate of drug-likeness (QED) is 0.363. The minimum Gasteiger partial charge on any atom is -0.492 e. The monoisotopic (exact) mass is 533 g/mol. The van der Waals surface area contributed by atoms with E-state index >= 15 is 0 Å². The number of rotatable bonds is 10. The Labute approximate surface area is 203 Å². The first-order valence-electron chi connectivity index (χ1n) is 10.7. The molecule has 176 valence electrons. The lowest BCUT2D eigenvalue weighted by Crippen LogP contribution is -2.23. The van der Waals surface area contributed by atoms with Crippen LogP contribution in [0.2, 0.25) is 0 Å². The Morgan fingerprint density at radius 3 is 2.27 bits per heavy atom. The van der Waals surface area contributed by atoms with Gasteiger partial charge >= 0.3 is 0 Å². The SMILES string of the molecule is CCOc1ccc(Br)cc1S(=O)(=O)Nc1ccc(Nc2nc(C)cc(N(CC)CC)n2)cc1. The third kappa shape index (κ3) is 6.35. The van der Waals surface area contributed by atoms with E-state index in [-0.39, 0.29) is 4.90 Å². The summed E-state index contributed by atoms with van der Waals surface area (Å²) >= 11 is 3.32. The molecule has 0 aliphatic carbocycles. The summed E-state index contributed by atoms with van der Waals surface area (Å²) in [6.07, 6.45) is 0. The van der Waals surface area contributed by atoms with E-state index in [0.717, 1.165) is 30.3 Å². The second-order valence-electron chi connectivity index (χ2n) is 7.20. The summed E-state index contributed by atoms with van der Waals surface area (Å²) in [5, 5.41) is 3.19. The van der Waals surface area contributed by atoms with Gasteiger partial charge in [-0.05, 0) is 70.2 Å². The highest BCUT2D eigenvalue weighted by Gasteiger charge is 2.20. The minimum atomic E-state index is -3.84. The van der Waals surface area contributed by atoms with Gasteiger partial charge in [-0.1, -0.05) is 15.9 Å². The first-order valence-corrected chi connectivity index (χ1v) is 13.0. The number of aromatic nitrogens is 2. The fraction of sp³-hybridized carbons (Fsp3) is 0.304. The van der Waals surface area contributed by atoms with Crippen LogP contribution >= 0.6 is 15.9 Å². The molecule has 0 saturated carbocycles. The molecule has 0 spiro atoms. The molecule has 0 amide bonds. The van der Waals surface area contributed by atoms with Crippen molar-refractivity contribution in [3.05, 3.63) is 58.7 Å². The number of hydrogen-bond acceptors (Lipinski definition) is 7. The molecule has 3 aromatic rings. The maximum atomic E-state index is 13.0. The standard InChI is InChI=1S/C23H28BrN5O3S/c1-5-29(6-2)22-14-16(4)25-23(27-22)26-18-9-11-19(12-10-18)28-33(30,31)21-15-17(24)8-13-20(21)32-7-3/h8-15,28H,5-7H2,1-4H3,(H,25,26,27). The lowest BCUT2D eigenvalue weighted by atomic mass is 10.3. The molecule has 0 atom stereocenters. The second kappa shape index (κ2) is 10.8. The van der Waals surface area contributed by atoms with Crippen LogP contribution in [-0.2, 0) is 10.0 Å². The van der Waals surface area contributed by atoms with Gasteiger partial charge in [0.05, 0.1) is 6.61 Å². The Morgan fingerprint density at radius 2 is 1.64 bits per heavy atom. The molecule has 0 fully saturated rings. The number of nitrogens with zero attached hydrogens (tertiary/aromatic N) is 3. The van der Waals surface area contributed by atoms with E-state index in [9.17, 15) is 8.42 Å². The summed E-state index contributed by atoms with van der Waals surface area (Å²) in [5.41, 5.74) is 2.03. The van der Waals surface area contributed by atoms with Crippen LogP contribution in [0.4, 0.5) is 23.1 Å². The van der Waals surface area contributed by atoms with Gasteiger partial charge in [0, 0.05) is 40.7 Å². The summed E-state index contributed by atoms with van der Waals surface area (Å²) < 4.78 is 34.7. The Bertz CT molecular complexity index is 1200. The largest absolute Gasteiger partial charge is 0.492 e. The Morgan fingerprint density at radius 1 is 0.970 bits per heavy atom. The van der Waals surface area contributed by atoms with E-state index in [1.807, 2.05) is 13.0 Å². The molecule has 0 aliphatic heterocycles. The van der Waals surface area contributed by atoms with Crippen LogP contribution in [0, 0.1) is 6.92 Å². The Balaban J connectivity index is 1.78. The molecule has 10 heteroatoms. The maximum Gasteiger partial charge on any atom is 0.265 e. The number of hydrogen-bond donors (Lipinski definition) is 2. The zero-order valence-corrected chi connectivity index (χ0v) is 21.5. The van der Waals surface area contributed by atoms with Crippen molar-refractivity contribution in [1.29, 1.82) is 0 Å². The van der Waals surface area contributed by atoms with Gasteiger partial charge in [-0.2, -0.15) is 4.98 Å². The van der Waals surface area contributed by atoms with Crippen LogP contribution in [0.3, 0.4) is 0 Å². The third-order valence-corrected chi connectivity index (χ3v) is 6.71. The van der Waals surface area contributed by atoms with Gasteiger partial charge in [-0.3, -0.25) is 4.72 Å². The van der Waals surface area contributed by atoms with Crippen molar-refractivity contribution in [1.82, 2.24) is 9.97 Å². The number of aryl methyl sites for hydroxylation is 1. The molecule has 1 heterocycles. The molecule has 8 nitrogen and oxygen atoms in total. The number of benzene rings is 2. The molecule has 2 N–H and O–H groups in total. The molecule has 0 saturated heterocycles. The fourth-order valence-corrected chi connectivity index (χ4v) is 4.99. The summed E-state index contributed by atoms with van der Waals surface area (Å²) in [6, 6.07) is 13.7. The van der Waals surface area contributed by atoms with Crippen molar-refractivity contribution in [2.24, 2.45) is 0 Å². The minimum absolute atomic E-state index is 0.0676. The van der Waals surface area contributed by atoms with Gasteiger partial charge < -0.3 is 15.0 Å². The van der Waals surface area contributed by atoms with E-state index in [1.54, 1.807) is 43.3 Å². The molecule has 0 unspecified atom stereocenters. The molecular formula is C23H28BrN5O3S. The van der Waals surface area contributed by atoms with Crippen molar-refractivity contribution >= 4 is 49.1 Å². The van der Waals surface area contributed by atoms with Gasteiger partial charge in [0.15, 0.2) is 0 Å². The Kier molecular flexibility index (Phi) is 8.15. The summed E-state index contributed by atoms with van der Waals surface area (Å²) in [7, 11) is -3.84. The van der Waals surface area contributed by atoms with Crippen LogP contribution in [0.15, 0.2) is 57.9 Å². The van der Waals surface area contributed by atoms with Crippen molar-refractivity contribution in [2.45, 2.75) is 32.6 Å². The van der Waals surface area contributed by atoms with Gasteiger partial charge in [0.1, 0.15) is 16.5 Å². The molecule has 2 aromatic carbocycles. The maximum absolute atomic E-state index is 13.0. The molecule has 0 radical (unpaired) electrons. The lowest BCUT2D eigenvalue weighted by molar-refractivity contribution is 0.331. The highest BCUT2D eigenvalue weighted by Crippen LogP contribution is 2.29. The van der Waals surface area contributed by atoms with Gasteiger partial charge in [-0.25, -0.2) is 13.4 Å². The van der Waals surface area contributed by atoms with E-state index < -0.39 is 10.0 Å². The molecule has 1 aromatic heterocycles. The van der Waals surface area contributed by atoms with Gasteiger partial charge in [0.2, 0.25) is 5.95 Å². The molecular weight excluding hydrogens is 506 g/mol. The van der Waals surface area contributed by atoms with Crippen LogP contribution in [-0.4, -0.2) is 38.1 Å². The van der Waals surface area contributed by atoms with Crippen molar-refractivity contribution in [3.63, 3.8) is 0 Å². The number of sulfonamides is 1. The van der Waals surface area contributed by atoms with Crippen molar-refractivity contribution in [3.8, 4) is 5.75 Å². The van der Waals surface area contributed by atoms with E-state index in [4.69, 9.17) is 4.74 Å². The predicted molar refractivity (Wildman–Crippen MR) is 136 cm³/mol. The highest BCUT2D eigenvalue weighted by atomic mass is 79.9. The zero-order chi connectivity index (χ0) is 24.0. The van der Waals surface area contributed by atoms with Gasteiger partial charge in [0.25, 0.3) is 10.0 Å². The summed E-state index contributed by atoms with van der Waals surface area (Å²) in [5.74, 6) is 1.64. The molecule has 0 aliphatic rings. The molecule has 3 rings (SSSR count). The summed E-state index contributed by atoms with van der Waals surface area (Å²) in [4.78, 5) is 11.3. The molecule has 0 bridgehead atoms. The first-order chi connectivity index (χ1) is 15.7. The number of anilines is 4. The van der Waals surface area contributed by atoms with Crippen molar-refractivity contribution in [2.75, 3.05) is 34.6 Å². The average Bonchev–Trinajstić information content (AvgIpc) is 2.77. The number of halogens is 1. The van der Waals surface area contributed by atoms with Crippen molar-refractivity contribution < 1.29 is 13.2 Å². The highest BCUT2D eigenvalue weighted by molar-refractivity contribution is 9.10. The van der Waals surface area contributed by atoms with Crippen LogP contribution in [0.1, 0.15) is 26.5 Å². The van der Waals surface area contributed by atoms with E-state index in [0.29, 0.717) is 28.5 Å². The zero-order valence-electron chi connectivity index (χ0n) is 19.1. The Hall–Kier alpha value is -2.85. The summed E-state index contributed by atoms with van der Waals surface area (Å²) in [6.45, 7) is 9.96. The fourth-order valence-electron chi connectivity index (χ4n) is 3.24. The van der Waals surface area contributed by atoms with Crippen LogP contribution < -0.4 is 19.7 Å². The van der Waals surface area contributed by atoms with Gasteiger partial charge in [-0.15, -0.1) is 0 Å². The topological polar surface area (TPSA) is 96.5 Å². The molecule has 33 heavy (non-hydrogen) atoms. The second-order valence-corrected chi connectivity index (χ2v) is 9.76. The smallest absolute Gasteiger partial charge is 0.265 e. The number of ether oxygens (including phenoxy) is 1. The third-order valence-electron chi connectivity index (χ3n) is 4.82.